The predicted molar refractivity (Wildman–Crippen MR) is 90.5 cm³/mol. The van der Waals surface area contributed by atoms with Crippen LogP contribution in [0.5, 0.6) is 5.75 Å². The molecule has 1 aromatic carbocycles. The molecule has 0 saturated carbocycles. The Hall–Kier alpha value is -1.10. The second kappa shape index (κ2) is 6.99. The third-order valence-corrected chi connectivity index (χ3v) is 4.67. The third-order valence-electron chi connectivity index (χ3n) is 4.67. The van der Waals surface area contributed by atoms with E-state index in [9.17, 15) is 5.11 Å². The molecule has 0 unspecified atom stereocenters. The van der Waals surface area contributed by atoms with Crippen molar-refractivity contribution >= 4 is 0 Å². The van der Waals surface area contributed by atoms with Gasteiger partial charge in [-0.2, -0.15) is 0 Å². The molecule has 0 aliphatic carbocycles. The topological polar surface area (TPSA) is 44.7 Å². The van der Waals surface area contributed by atoms with Crippen molar-refractivity contribution in [2.45, 2.75) is 33.7 Å². The van der Waals surface area contributed by atoms with E-state index >= 15 is 0 Å². The highest BCUT2D eigenvalue weighted by Gasteiger charge is 2.36. The molecule has 4 heteroatoms. The summed E-state index contributed by atoms with van der Waals surface area (Å²) in [6, 6.07) is 4.65. The first kappa shape index (κ1) is 17.3. The van der Waals surface area contributed by atoms with Crippen LogP contribution in [-0.2, 0) is 0 Å². The van der Waals surface area contributed by atoms with Crippen LogP contribution in [0.1, 0.15) is 36.6 Å². The van der Waals surface area contributed by atoms with Gasteiger partial charge in [0.25, 0.3) is 0 Å². The van der Waals surface area contributed by atoms with Crippen LogP contribution in [0.2, 0.25) is 0 Å². The van der Waals surface area contributed by atoms with Crippen molar-refractivity contribution in [3.05, 3.63) is 28.8 Å². The van der Waals surface area contributed by atoms with Gasteiger partial charge in [0.15, 0.2) is 0 Å². The van der Waals surface area contributed by atoms with Crippen LogP contribution in [0.3, 0.4) is 0 Å². The molecule has 1 atom stereocenters. The van der Waals surface area contributed by atoms with E-state index in [4.69, 9.17) is 4.74 Å². The van der Waals surface area contributed by atoms with Gasteiger partial charge < -0.3 is 15.2 Å². The number of methoxy groups -OCH3 is 1. The molecule has 1 aliphatic heterocycles. The smallest absolute Gasteiger partial charge is 0.124 e. The van der Waals surface area contributed by atoms with E-state index in [1.165, 1.54) is 5.56 Å². The zero-order valence-corrected chi connectivity index (χ0v) is 14.6. The number of rotatable bonds is 5. The fourth-order valence-corrected chi connectivity index (χ4v) is 3.65. The first-order valence-electron chi connectivity index (χ1n) is 8.11. The van der Waals surface area contributed by atoms with Crippen molar-refractivity contribution in [1.29, 1.82) is 0 Å². The average Bonchev–Trinajstić information content (AvgIpc) is 2.48. The highest BCUT2D eigenvalue weighted by Crippen LogP contribution is 2.40. The van der Waals surface area contributed by atoms with E-state index in [1.807, 2.05) is 0 Å². The minimum Gasteiger partial charge on any atom is -0.496 e. The van der Waals surface area contributed by atoms with Crippen LogP contribution >= 0.6 is 0 Å². The highest BCUT2D eigenvalue weighted by atomic mass is 16.5. The maximum Gasteiger partial charge on any atom is 0.124 e. The molecule has 0 amide bonds. The van der Waals surface area contributed by atoms with Gasteiger partial charge in [-0.15, -0.1) is 0 Å². The summed E-state index contributed by atoms with van der Waals surface area (Å²) in [5.41, 5.74) is 3.40. The molecular formula is C18H30N2O2. The summed E-state index contributed by atoms with van der Waals surface area (Å²) in [4.78, 5) is 2.49. The molecule has 1 fully saturated rings. The molecular weight excluding hydrogens is 276 g/mol. The Morgan fingerprint density at radius 2 is 1.77 bits per heavy atom. The van der Waals surface area contributed by atoms with Gasteiger partial charge >= 0.3 is 0 Å². The fourth-order valence-electron chi connectivity index (χ4n) is 3.65. The summed E-state index contributed by atoms with van der Waals surface area (Å²) in [6.45, 7) is 12.7. The lowest BCUT2D eigenvalue weighted by atomic mass is 9.79. The van der Waals surface area contributed by atoms with Crippen LogP contribution in [0.4, 0.5) is 0 Å². The first-order chi connectivity index (χ1) is 10.4. The Kier molecular flexibility index (Phi) is 5.48. The molecule has 124 valence electrons. The largest absolute Gasteiger partial charge is 0.496 e. The molecule has 1 aromatic rings. The summed E-state index contributed by atoms with van der Waals surface area (Å²) in [5, 5.41) is 13.3. The van der Waals surface area contributed by atoms with Crippen LogP contribution in [0.15, 0.2) is 12.1 Å². The van der Waals surface area contributed by atoms with Gasteiger partial charge in [0.2, 0.25) is 0 Å². The normalized spacial score (nSPS) is 18.3. The van der Waals surface area contributed by atoms with E-state index in [-0.39, 0.29) is 18.1 Å². The number of nitrogens with zero attached hydrogens (tertiary/aromatic N) is 1. The Morgan fingerprint density at radius 1 is 1.23 bits per heavy atom. The van der Waals surface area contributed by atoms with E-state index in [0.717, 1.165) is 43.1 Å². The molecule has 1 heterocycles. The molecule has 0 spiro atoms. The zero-order chi connectivity index (χ0) is 16.3. The summed E-state index contributed by atoms with van der Waals surface area (Å²) in [5.74, 6) is 0.963. The van der Waals surface area contributed by atoms with Crippen LogP contribution in [-0.4, -0.2) is 49.9 Å². The number of aryl methyl sites for hydroxylation is 2. The van der Waals surface area contributed by atoms with Crippen molar-refractivity contribution in [2.75, 3.05) is 39.9 Å². The van der Waals surface area contributed by atoms with Crippen molar-refractivity contribution in [1.82, 2.24) is 10.2 Å². The molecule has 2 rings (SSSR count). The van der Waals surface area contributed by atoms with Crippen LogP contribution in [0, 0.1) is 19.3 Å². The highest BCUT2D eigenvalue weighted by molar-refractivity contribution is 5.44. The summed E-state index contributed by atoms with van der Waals surface area (Å²) in [6.07, 6.45) is 0. The van der Waals surface area contributed by atoms with Crippen molar-refractivity contribution in [3.63, 3.8) is 0 Å². The van der Waals surface area contributed by atoms with E-state index in [2.05, 4.69) is 50.0 Å². The lowest BCUT2D eigenvalue weighted by molar-refractivity contribution is 0.0304. The molecule has 2 N–H and O–H groups in total. The standard InChI is InChI=1S/C18H30N2O2/c1-13-10-15(11-14(2)16(13)22-5)17(18(3,4)12-21)20-8-6-19-7-9-20/h10-11,17,19,21H,6-9,12H2,1-5H3/t17-/m1/s1. The maximum absolute atomic E-state index is 9.93. The number of hydrogen-bond acceptors (Lipinski definition) is 4. The Morgan fingerprint density at radius 3 is 2.23 bits per heavy atom. The Labute approximate surface area is 134 Å². The van der Waals surface area contributed by atoms with Crippen LogP contribution < -0.4 is 10.1 Å². The molecule has 0 bridgehead atoms. The minimum absolute atomic E-state index is 0.172. The van der Waals surface area contributed by atoms with Gasteiger partial charge in [-0.05, 0) is 30.5 Å². The van der Waals surface area contributed by atoms with Gasteiger partial charge in [0.05, 0.1) is 7.11 Å². The molecule has 1 aliphatic rings. The summed E-state index contributed by atoms with van der Waals surface area (Å²) < 4.78 is 5.49. The lowest BCUT2D eigenvalue weighted by Crippen LogP contribution is -2.49. The number of ether oxygens (including phenoxy) is 1. The quantitative estimate of drug-likeness (QED) is 0.876. The fraction of sp³-hybridized carbons (Fsp3) is 0.667. The van der Waals surface area contributed by atoms with Crippen molar-refractivity contribution in [2.24, 2.45) is 5.41 Å². The predicted octanol–water partition coefficient (Wildman–Crippen LogP) is 2.28. The zero-order valence-electron chi connectivity index (χ0n) is 14.6. The number of benzene rings is 1. The first-order valence-corrected chi connectivity index (χ1v) is 8.11. The van der Waals surface area contributed by atoms with Gasteiger partial charge in [-0.3, -0.25) is 4.90 Å². The van der Waals surface area contributed by atoms with Crippen LogP contribution in [0.25, 0.3) is 0 Å². The average molecular weight is 306 g/mol. The second-order valence-electron chi connectivity index (χ2n) is 7.02. The lowest BCUT2D eigenvalue weighted by Gasteiger charge is -2.43. The SMILES string of the molecule is COc1c(C)cc([C@@H](N2CCNCC2)C(C)(C)CO)cc1C. The van der Waals surface area contributed by atoms with Gasteiger partial charge in [0.1, 0.15) is 5.75 Å². The van der Waals surface area contributed by atoms with Gasteiger partial charge in [-0.25, -0.2) is 0 Å². The maximum atomic E-state index is 9.93. The molecule has 1 saturated heterocycles. The van der Waals surface area contributed by atoms with Gasteiger partial charge in [0, 0.05) is 44.2 Å². The molecule has 22 heavy (non-hydrogen) atoms. The minimum atomic E-state index is -0.190. The Balaban J connectivity index is 2.44. The number of aliphatic hydroxyl groups excluding tert-OH is 1. The summed E-state index contributed by atoms with van der Waals surface area (Å²) in [7, 11) is 1.72. The number of aliphatic hydroxyl groups is 1. The molecule has 0 aromatic heterocycles. The van der Waals surface area contributed by atoms with E-state index in [1.54, 1.807) is 7.11 Å². The van der Waals surface area contributed by atoms with E-state index < -0.39 is 0 Å². The van der Waals surface area contributed by atoms with Crippen molar-refractivity contribution in [3.8, 4) is 5.75 Å². The molecule has 4 nitrogen and oxygen atoms in total. The third kappa shape index (κ3) is 3.45. The molecule has 0 radical (unpaired) electrons. The summed E-state index contributed by atoms with van der Waals surface area (Å²) >= 11 is 0. The van der Waals surface area contributed by atoms with Crippen molar-refractivity contribution < 1.29 is 9.84 Å². The Bertz CT molecular complexity index is 485. The number of piperazine rings is 1. The number of hydrogen-bond donors (Lipinski definition) is 2. The van der Waals surface area contributed by atoms with E-state index in [0.29, 0.717) is 0 Å². The second-order valence-corrected chi connectivity index (χ2v) is 7.02. The number of nitrogens with one attached hydrogen (secondary N) is 1. The monoisotopic (exact) mass is 306 g/mol. The van der Waals surface area contributed by atoms with Gasteiger partial charge in [-0.1, -0.05) is 26.0 Å².